The highest BCUT2D eigenvalue weighted by Gasteiger charge is 2.09. The molecular formula is C14H14ClFN4O. The lowest BCUT2D eigenvalue weighted by Crippen LogP contribution is -2.30. The molecule has 0 atom stereocenters. The number of benzene rings is 1. The summed E-state index contributed by atoms with van der Waals surface area (Å²) >= 11 is 5.69. The van der Waals surface area contributed by atoms with E-state index in [1.807, 2.05) is 13.8 Å². The minimum atomic E-state index is -0.492. The number of nitrogens with zero attached hydrogens (tertiary/aromatic N) is 2. The van der Waals surface area contributed by atoms with Crippen LogP contribution in [-0.4, -0.2) is 22.1 Å². The smallest absolute Gasteiger partial charge is 0.271 e. The second-order valence-corrected chi connectivity index (χ2v) is 5.09. The highest BCUT2D eigenvalue weighted by Crippen LogP contribution is 2.21. The van der Waals surface area contributed by atoms with Crippen molar-refractivity contribution in [3.05, 3.63) is 46.9 Å². The molecule has 110 valence electrons. The number of hydrogen-bond acceptors (Lipinski definition) is 4. The number of nitrogens with one attached hydrogen (secondary N) is 2. The van der Waals surface area contributed by atoms with Crippen molar-refractivity contribution in [2.75, 3.05) is 5.32 Å². The molecule has 0 saturated carbocycles. The van der Waals surface area contributed by atoms with Crippen LogP contribution in [0.15, 0.2) is 30.3 Å². The zero-order chi connectivity index (χ0) is 15.4. The lowest BCUT2D eigenvalue weighted by Gasteiger charge is -2.08. The van der Waals surface area contributed by atoms with Crippen molar-refractivity contribution in [2.24, 2.45) is 0 Å². The fourth-order valence-electron chi connectivity index (χ4n) is 1.58. The van der Waals surface area contributed by atoms with E-state index in [0.29, 0.717) is 11.5 Å². The first-order valence-electron chi connectivity index (χ1n) is 6.32. The number of carbonyl (C=O) groups is 1. The van der Waals surface area contributed by atoms with E-state index in [1.54, 1.807) is 12.1 Å². The van der Waals surface area contributed by atoms with Crippen molar-refractivity contribution >= 4 is 29.0 Å². The standard InChI is InChI=1S/C14H14ClFN4O/c1-8(2)17-14(21)12-5-6-13(20-19-12)18-9-3-4-11(16)10(15)7-9/h3-8H,1-2H3,(H,17,21)(H,18,20). The van der Waals surface area contributed by atoms with Gasteiger partial charge >= 0.3 is 0 Å². The molecule has 1 aromatic heterocycles. The van der Waals surface area contributed by atoms with Crippen LogP contribution >= 0.6 is 11.6 Å². The molecule has 5 nitrogen and oxygen atoms in total. The Hall–Kier alpha value is -2.21. The minimum absolute atomic E-state index is 0.0147. The van der Waals surface area contributed by atoms with Gasteiger partial charge in [0.1, 0.15) is 5.82 Å². The van der Waals surface area contributed by atoms with Crippen LogP contribution < -0.4 is 10.6 Å². The lowest BCUT2D eigenvalue weighted by molar-refractivity contribution is 0.0937. The molecule has 1 aromatic carbocycles. The molecule has 0 radical (unpaired) electrons. The zero-order valence-electron chi connectivity index (χ0n) is 11.5. The Morgan fingerprint density at radius 2 is 2.00 bits per heavy atom. The van der Waals surface area contributed by atoms with Crippen molar-refractivity contribution in [1.82, 2.24) is 15.5 Å². The van der Waals surface area contributed by atoms with E-state index >= 15 is 0 Å². The van der Waals surface area contributed by atoms with E-state index < -0.39 is 5.82 Å². The molecule has 0 aliphatic carbocycles. The molecular weight excluding hydrogens is 295 g/mol. The quantitative estimate of drug-likeness (QED) is 0.910. The van der Waals surface area contributed by atoms with E-state index in [9.17, 15) is 9.18 Å². The lowest BCUT2D eigenvalue weighted by atomic mass is 10.3. The van der Waals surface area contributed by atoms with E-state index in [2.05, 4.69) is 20.8 Å². The summed E-state index contributed by atoms with van der Waals surface area (Å²) in [6, 6.07) is 7.42. The van der Waals surface area contributed by atoms with Gasteiger partial charge in [-0.2, -0.15) is 0 Å². The first-order valence-corrected chi connectivity index (χ1v) is 6.70. The summed E-state index contributed by atoms with van der Waals surface area (Å²) in [6.07, 6.45) is 0. The predicted molar refractivity (Wildman–Crippen MR) is 79.3 cm³/mol. The van der Waals surface area contributed by atoms with Crippen LogP contribution in [-0.2, 0) is 0 Å². The predicted octanol–water partition coefficient (Wildman–Crippen LogP) is 3.15. The number of aromatic nitrogens is 2. The molecule has 2 rings (SSSR count). The largest absolute Gasteiger partial charge is 0.348 e. The molecule has 0 spiro atoms. The third kappa shape index (κ3) is 4.13. The number of hydrogen-bond donors (Lipinski definition) is 2. The van der Waals surface area contributed by atoms with Crippen LogP contribution in [0.3, 0.4) is 0 Å². The first kappa shape index (κ1) is 15.2. The molecule has 0 aliphatic rings. The van der Waals surface area contributed by atoms with Crippen LogP contribution in [0.5, 0.6) is 0 Å². The molecule has 7 heteroatoms. The van der Waals surface area contributed by atoms with Gasteiger partial charge in [0.25, 0.3) is 5.91 Å². The fourth-order valence-corrected chi connectivity index (χ4v) is 1.76. The van der Waals surface area contributed by atoms with Crippen LogP contribution in [0.4, 0.5) is 15.9 Å². The molecule has 1 amide bonds. The maximum Gasteiger partial charge on any atom is 0.271 e. The normalized spacial score (nSPS) is 10.5. The van der Waals surface area contributed by atoms with Crippen LogP contribution in [0.2, 0.25) is 5.02 Å². The van der Waals surface area contributed by atoms with Gasteiger partial charge in [0.2, 0.25) is 0 Å². The van der Waals surface area contributed by atoms with Gasteiger partial charge in [0, 0.05) is 11.7 Å². The van der Waals surface area contributed by atoms with Gasteiger partial charge in [-0.1, -0.05) is 11.6 Å². The Morgan fingerprint density at radius 1 is 1.24 bits per heavy atom. The second kappa shape index (κ2) is 6.49. The maximum absolute atomic E-state index is 13.1. The third-order valence-corrected chi connectivity index (χ3v) is 2.80. The topological polar surface area (TPSA) is 66.9 Å². The van der Waals surface area contributed by atoms with Crippen molar-refractivity contribution in [3.63, 3.8) is 0 Å². The van der Waals surface area contributed by atoms with Gasteiger partial charge in [0.15, 0.2) is 11.5 Å². The number of rotatable bonds is 4. The zero-order valence-corrected chi connectivity index (χ0v) is 12.3. The van der Waals surface area contributed by atoms with Crippen LogP contribution in [0.25, 0.3) is 0 Å². The highest BCUT2D eigenvalue weighted by molar-refractivity contribution is 6.31. The Bertz CT molecular complexity index is 646. The van der Waals surface area contributed by atoms with Crippen molar-refractivity contribution in [1.29, 1.82) is 0 Å². The number of carbonyl (C=O) groups excluding carboxylic acids is 1. The number of halogens is 2. The van der Waals surface area contributed by atoms with E-state index in [-0.39, 0.29) is 22.7 Å². The molecule has 2 N–H and O–H groups in total. The summed E-state index contributed by atoms with van der Waals surface area (Å²) < 4.78 is 13.1. The highest BCUT2D eigenvalue weighted by atomic mass is 35.5. The van der Waals surface area contributed by atoms with Gasteiger partial charge in [-0.15, -0.1) is 10.2 Å². The molecule has 0 bridgehead atoms. The van der Waals surface area contributed by atoms with Gasteiger partial charge < -0.3 is 10.6 Å². The summed E-state index contributed by atoms with van der Waals surface area (Å²) in [6.45, 7) is 3.72. The molecule has 21 heavy (non-hydrogen) atoms. The van der Waals surface area contributed by atoms with Gasteiger partial charge in [-0.05, 0) is 44.2 Å². The third-order valence-electron chi connectivity index (χ3n) is 2.51. The second-order valence-electron chi connectivity index (χ2n) is 4.69. The van der Waals surface area contributed by atoms with Gasteiger partial charge in [-0.25, -0.2) is 4.39 Å². The summed E-state index contributed by atoms with van der Waals surface area (Å²) in [5.41, 5.74) is 0.807. The SMILES string of the molecule is CC(C)NC(=O)c1ccc(Nc2ccc(F)c(Cl)c2)nn1. The van der Waals surface area contributed by atoms with E-state index in [1.165, 1.54) is 18.2 Å². The fraction of sp³-hybridized carbons (Fsp3) is 0.214. The van der Waals surface area contributed by atoms with Gasteiger partial charge in [0.05, 0.1) is 5.02 Å². The summed E-state index contributed by atoms with van der Waals surface area (Å²) in [7, 11) is 0. The Labute approximate surface area is 126 Å². The molecule has 1 heterocycles. The van der Waals surface area contributed by atoms with Gasteiger partial charge in [-0.3, -0.25) is 4.79 Å². The average molecular weight is 309 g/mol. The van der Waals surface area contributed by atoms with Crippen molar-refractivity contribution < 1.29 is 9.18 Å². The number of amides is 1. The molecule has 0 unspecified atom stereocenters. The summed E-state index contributed by atoms with van der Waals surface area (Å²) in [5, 5.41) is 13.4. The van der Waals surface area contributed by atoms with E-state index in [0.717, 1.165) is 0 Å². The monoisotopic (exact) mass is 308 g/mol. The van der Waals surface area contributed by atoms with Crippen LogP contribution in [0, 0.1) is 5.82 Å². The summed E-state index contributed by atoms with van der Waals surface area (Å²) in [5.74, 6) is -0.346. The Morgan fingerprint density at radius 3 is 2.57 bits per heavy atom. The van der Waals surface area contributed by atoms with Crippen molar-refractivity contribution in [3.8, 4) is 0 Å². The van der Waals surface area contributed by atoms with Crippen molar-refractivity contribution in [2.45, 2.75) is 19.9 Å². The maximum atomic E-state index is 13.1. The van der Waals surface area contributed by atoms with E-state index in [4.69, 9.17) is 11.6 Å². The molecule has 2 aromatic rings. The Kier molecular flexibility index (Phi) is 4.70. The van der Waals surface area contributed by atoms with Crippen LogP contribution in [0.1, 0.15) is 24.3 Å². The molecule has 0 aliphatic heterocycles. The summed E-state index contributed by atoms with van der Waals surface area (Å²) in [4.78, 5) is 11.7. The molecule has 0 saturated heterocycles. The molecule has 0 fully saturated rings. The average Bonchev–Trinajstić information content (AvgIpc) is 2.43. The number of anilines is 2. The Balaban J connectivity index is 2.08. The first-order chi connectivity index (χ1) is 9.95. The minimum Gasteiger partial charge on any atom is -0.348 e.